The summed E-state index contributed by atoms with van der Waals surface area (Å²) < 4.78 is 19.2. The average molecular weight is 315 g/mol. The summed E-state index contributed by atoms with van der Waals surface area (Å²) in [5.74, 6) is 0.00192. The fourth-order valence-electron chi connectivity index (χ4n) is 2.54. The third-order valence-corrected chi connectivity index (χ3v) is 3.98. The van der Waals surface area contributed by atoms with Crippen LogP contribution in [-0.2, 0) is 0 Å². The van der Waals surface area contributed by atoms with Gasteiger partial charge in [-0.2, -0.15) is 0 Å². The van der Waals surface area contributed by atoms with Crippen molar-refractivity contribution in [2.24, 2.45) is 5.73 Å². The van der Waals surface area contributed by atoms with Crippen LogP contribution in [0.15, 0.2) is 30.5 Å². The van der Waals surface area contributed by atoms with E-state index in [0.29, 0.717) is 22.6 Å². The Hall–Kier alpha value is -2.47. The molecule has 3 rings (SSSR count). The highest BCUT2D eigenvalue weighted by Crippen LogP contribution is 2.41. The van der Waals surface area contributed by atoms with E-state index in [2.05, 4.69) is 10.3 Å². The quantitative estimate of drug-likeness (QED) is 0.909. The molecule has 1 amide bonds. The van der Waals surface area contributed by atoms with E-state index in [9.17, 15) is 9.18 Å². The number of nitrogens with one attached hydrogen (secondary N) is 1. The molecule has 5 nitrogen and oxygen atoms in total. The normalized spacial score (nSPS) is 19.3. The van der Waals surface area contributed by atoms with Gasteiger partial charge >= 0.3 is 0 Å². The molecule has 3 N–H and O–H groups in total. The van der Waals surface area contributed by atoms with Crippen LogP contribution < -0.4 is 15.8 Å². The van der Waals surface area contributed by atoms with Crippen LogP contribution in [0.3, 0.4) is 0 Å². The van der Waals surface area contributed by atoms with E-state index in [1.165, 1.54) is 13.3 Å². The SMILES string of the molecule is COc1ccc(C(=O)Nc2cc(C)c(F)c([C@H]3C[C@H]3N)c2)nc1. The Morgan fingerprint density at radius 2 is 2.17 bits per heavy atom. The van der Waals surface area contributed by atoms with Crippen molar-refractivity contribution in [3.8, 4) is 5.75 Å². The largest absolute Gasteiger partial charge is 0.495 e. The molecule has 0 unspecified atom stereocenters. The van der Waals surface area contributed by atoms with E-state index in [4.69, 9.17) is 10.5 Å². The summed E-state index contributed by atoms with van der Waals surface area (Å²) >= 11 is 0. The summed E-state index contributed by atoms with van der Waals surface area (Å²) in [4.78, 5) is 16.3. The maximum atomic E-state index is 14.2. The minimum Gasteiger partial charge on any atom is -0.495 e. The number of methoxy groups -OCH3 is 1. The Morgan fingerprint density at radius 3 is 2.74 bits per heavy atom. The molecule has 1 fully saturated rings. The van der Waals surface area contributed by atoms with Crippen molar-refractivity contribution >= 4 is 11.6 Å². The van der Waals surface area contributed by atoms with Crippen LogP contribution in [0.25, 0.3) is 0 Å². The second-order valence-electron chi connectivity index (χ2n) is 5.74. The molecule has 1 aliphatic rings. The highest BCUT2D eigenvalue weighted by Gasteiger charge is 2.37. The number of aromatic nitrogens is 1. The number of hydrogen-bond acceptors (Lipinski definition) is 4. The second-order valence-corrected chi connectivity index (χ2v) is 5.74. The van der Waals surface area contributed by atoms with Gasteiger partial charge in [0.05, 0.1) is 13.3 Å². The van der Waals surface area contributed by atoms with Gasteiger partial charge in [0.1, 0.15) is 17.3 Å². The molecular weight excluding hydrogens is 297 g/mol. The molecule has 1 aromatic heterocycles. The monoisotopic (exact) mass is 315 g/mol. The Bertz CT molecular complexity index is 746. The van der Waals surface area contributed by atoms with Crippen molar-refractivity contribution in [1.29, 1.82) is 0 Å². The lowest BCUT2D eigenvalue weighted by Gasteiger charge is -2.11. The molecule has 1 saturated carbocycles. The number of aryl methyl sites for hydroxylation is 1. The standard InChI is InChI=1S/C17H18FN3O2/c1-9-5-10(6-13(16(9)18)12-7-14(12)19)21-17(22)15-4-3-11(23-2)8-20-15/h3-6,8,12,14H,7,19H2,1-2H3,(H,21,22)/t12-,14-/m1/s1. The molecular formula is C17H18FN3O2. The van der Waals surface area contributed by atoms with Crippen LogP contribution in [0.5, 0.6) is 5.75 Å². The molecule has 23 heavy (non-hydrogen) atoms. The van der Waals surface area contributed by atoms with Crippen LogP contribution in [0, 0.1) is 12.7 Å². The number of anilines is 1. The number of nitrogens with two attached hydrogens (primary N) is 1. The highest BCUT2D eigenvalue weighted by atomic mass is 19.1. The molecule has 1 aliphatic carbocycles. The summed E-state index contributed by atoms with van der Waals surface area (Å²) in [5, 5.41) is 2.75. The molecule has 6 heteroatoms. The summed E-state index contributed by atoms with van der Waals surface area (Å²) in [6.45, 7) is 1.67. The Balaban J connectivity index is 1.81. The van der Waals surface area contributed by atoms with Crippen LogP contribution in [-0.4, -0.2) is 24.0 Å². The van der Waals surface area contributed by atoms with Crippen molar-refractivity contribution in [2.75, 3.05) is 12.4 Å². The average Bonchev–Trinajstić information content (AvgIpc) is 3.27. The van der Waals surface area contributed by atoms with E-state index in [1.807, 2.05) is 0 Å². The van der Waals surface area contributed by atoms with Gasteiger partial charge in [0.15, 0.2) is 0 Å². The molecule has 0 saturated heterocycles. The van der Waals surface area contributed by atoms with E-state index >= 15 is 0 Å². The fourth-order valence-corrected chi connectivity index (χ4v) is 2.54. The number of halogens is 1. The first-order valence-corrected chi connectivity index (χ1v) is 7.36. The van der Waals surface area contributed by atoms with Gasteiger partial charge < -0.3 is 15.8 Å². The number of carbonyl (C=O) groups is 1. The van der Waals surface area contributed by atoms with Gasteiger partial charge in [0.2, 0.25) is 0 Å². The molecule has 0 aliphatic heterocycles. The van der Waals surface area contributed by atoms with Crippen LogP contribution in [0.4, 0.5) is 10.1 Å². The fraction of sp³-hybridized carbons (Fsp3) is 0.294. The molecule has 0 radical (unpaired) electrons. The number of pyridine rings is 1. The Morgan fingerprint density at radius 1 is 1.43 bits per heavy atom. The predicted octanol–water partition coefficient (Wildman–Crippen LogP) is 2.60. The van der Waals surface area contributed by atoms with Gasteiger partial charge in [-0.05, 0) is 48.7 Å². The number of nitrogens with zero attached hydrogens (tertiary/aromatic N) is 1. The van der Waals surface area contributed by atoms with Crippen LogP contribution in [0.1, 0.15) is 34.0 Å². The number of hydrogen-bond donors (Lipinski definition) is 2. The van der Waals surface area contributed by atoms with Gasteiger partial charge in [0.25, 0.3) is 5.91 Å². The van der Waals surface area contributed by atoms with E-state index in [-0.39, 0.29) is 29.4 Å². The zero-order valence-corrected chi connectivity index (χ0v) is 13.0. The van der Waals surface area contributed by atoms with Crippen molar-refractivity contribution in [1.82, 2.24) is 4.98 Å². The smallest absolute Gasteiger partial charge is 0.274 e. The molecule has 120 valence electrons. The molecule has 1 heterocycles. The maximum Gasteiger partial charge on any atom is 0.274 e. The number of benzene rings is 1. The van der Waals surface area contributed by atoms with Gasteiger partial charge in [0, 0.05) is 17.6 Å². The third kappa shape index (κ3) is 3.17. The van der Waals surface area contributed by atoms with Crippen LogP contribution >= 0.6 is 0 Å². The van der Waals surface area contributed by atoms with Gasteiger partial charge in [-0.1, -0.05) is 0 Å². The summed E-state index contributed by atoms with van der Waals surface area (Å²) in [7, 11) is 1.53. The summed E-state index contributed by atoms with van der Waals surface area (Å²) in [6, 6.07) is 6.49. The minimum atomic E-state index is -0.357. The number of carbonyl (C=O) groups excluding carboxylic acids is 1. The van der Waals surface area contributed by atoms with Gasteiger partial charge in [-0.15, -0.1) is 0 Å². The predicted molar refractivity (Wildman–Crippen MR) is 85.2 cm³/mol. The van der Waals surface area contributed by atoms with Gasteiger partial charge in [-0.25, -0.2) is 9.37 Å². The number of amides is 1. The maximum absolute atomic E-state index is 14.2. The molecule has 2 atom stereocenters. The zero-order valence-electron chi connectivity index (χ0n) is 13.0. The highest BCUT2D eigenvalue weighted by molar-refractivity contribution is 6.03. The minimum absolute atomic E-state index is 0.00175. The molecule has 2 aromatic rings. The number of ether oxygens (including phenoxy) is 1. The van der Waals surface area contributed by atoms with E-state index in [0.717, 1.165) is 6.42 Å². The third-order valence-electron chi connectivity index (χ3n) is 3.98. The van der Waals surface area contributed by atoms with Crippen molar-refractivity contribution < 1.29 is 13.9 Å². The molecule has 0 bridgehead atoms. The Labute approximate surface area is 133 Å². The summed E-state index contributed by atoms with van der Waals surface area (Å²) in [5.41, 5.74) is 7.67. The lowest BCUT2D eigenvalue weighted by Crippen LogP contribution is -2.14. The molecule has 0 spiro atoms. The first-order valence-electron chi connectivity index (χ1n) is 7.36. The van der Waals surface area contributed by atoms with E-state index < -0.39 is 0 Å². The zero-order chi connectivity index (χ0) is 16.6. The summed E-state index contributed by atoms with van der Waals surface area (Å²) in [6.07, 6.45) is 2.24. The lowest BCUT2D eigenvalue weighted by molar-refractivity contribution is 0.102. The topological polar surface area (TPSA) is 77.2 Å². The van der Waals surface area contributed by atoms with Crippen molar-refractivity contribution in [3.63, 3.8) is 0 Å². The first-order chi connectivity index (χ1) is 11.0. The first kappa shape index (κ1) is 15.4. The van der Waals surface area contributed by atoms with Crippen LogP contribution in [0.2, 0.25) is 0 Å². The van der Waals surface area contributed by atoms with Crippen molar-refractivity contribution in [3.05, 3.63) is 53.1 Å². The second kappa shape index (κ2) is 5.96. The lowest BCUT2D eigenvalue weighted by atomic mass is 10.0. The van der Waals surface area contributed by atoms with E-state index in [1.54, 1.807) is 31.2 Å². The Kier molecular flexibility index (Phi) is 4.00. The van der Waals surface area contributed by atoms with Gasteiger partial charge in [-0.3, -0.25) is 4.79 Å². The number of rotatable bonds is 4. The molecule has 1 aromatic carbocycles. The van der Waals surface area contributed by atoms with Crippen molar-refractivity contribution in [2.45, 2.75) is 25.3 Å².